The summed E-state index contributed by atoms with van der Waals surface area (Å²) in [6.45, 7) is 1.86. The van der Waals surface area contributed by atoms with Crippen LogP contribution in [-0.4, -0.2) is 25.6 Å². The lowest BCUT2D eigenvalue weighted by atomic mass is 10.3. The molecule has 0 fully saturated rings. The molecule has 1 N–H and O–H groups in total. The monoisotopic (exact) mass is 375 g/mol. The first-order chi connectivity index (χ1) is 12.0. The van der Waals surface area contributed by atoms with Gasteiger partial charge in [0.2, 0.25) is 5.91 Å². The summed E-state index contributed by atoms with van der Waals surface area (Å²) in [4.78, 5) is 27.4. The number of thiazole rings is 1. The number of carbonyl (C=O) groups excluding carboxylic acids is 1. The zero-order chi connectivity index (χ0) is 17.8. The molecule has 10 heteroatoms. The molecule has 0 saturated carbocycles. The van der Waals surface area contributed by atoms with Gasteiger partial charge in [0, 0.05) is 21.7 Å². The summed E-state index contributed by atoms with van der Waals surface area (Å²) in [5, 5.41) is 19.0. The first kappa shape index (κ1) is 17.1. The van der Waals surface area contributed by atoms with Crippen molar-refractivity contribution in [2.24, 2.45) is 0 Å². The zero-order valence-electron chi connectivity index (χ0n) is 13.1. The van der Waals surface area contributed by atoms with Crippen molar-refractivity contribution >= 4 is 40.5 Å². The van der Waals surface area contributed by atoms with Gasteiger partial charge in [0.05, 0.1) is 17.4 Å². The molecule has 2 heterocycles. The van der Waals surface area contributed by atoms with E-state index in [0.29, 0.717) is 5.69 Å². The molecule has 25 heavy (non-hydrogen) atoms. The van der Waals surface area contributed by atoms with Gasteiger partial charge in [-0.05, 0) is 36.1 Å². The van der Waals surface area contributed by atoms with Crippen molar-refractivity contribution in [2.45, 2.75) is 22.7 Å². The molecule has 0 radical (unpaired) electrons. The van der Waals surface area contributed by atoms with Crippen molar-refractivity contribution in [3.05, 3.63) is 57.7 Å². The minimum absolute atomic E-state index is 0.0945. The van der Waals surface area contributed by atoms with E-state index in [0.717, 1.165) is 14.9 Å². The van der Waals surface area contributed by atoms with Crippen LogP contribution in [0.1, 0.15) is 5.69 Å². The second-order valence-electron chi connectivity index (χ2n) is 5.06. The van der Waals surface area contributed by atoms with Crippen LogP contribution < -0.4 is 5.32 Å². The summed E-state index contributed by atoms with van der Waals surface area (Å²) in [5.74, 6) is -0.597. The normalized spacial score (nSPS) is 10.6. The quantitative estimate of drug-likeness (QED) is 0.523. The standard InChI is InChI=1S/C15H13N5O3S2/c1-10-9-24-15(16-10)25-12-4-2-11(3-5-12)17-14(21)8-19-7-6-13(18-19)20(22)23/h2-7,9H,8H2,1H3,(H,17,21). The van der Waals surface area contributed by atoms with Gasteiger partial charge in [0.25, 0.3) is 0 Å². The average molecular weight is 375 g/mol. The molecule has 0 bridgehead atoms. The van der Waals surface area contributed by atoms with E-state index in [9.17, 15) is 14.9 Å². The molecule has 0 atom stereocenters. The van der Waals surface area contributed by atoms with Gasteiger partial charge in [-0.15, -0.1) is 11.3 Å². The van der Waals surface area contributed by atoms with E-state index in [2.05, 4.69) is 15.4 Å². The van der Waals surface area contributed by atoms with Crippen LogP contribution in [0.4, 0.5) is 11.5 Å². The number of aromatic nitrogens is 3. The molecule has 2 aromatic heterocycles. The maximum absolute atomic E-state index is 12.0. The fourth-order valence-electron chi connectivity index (χ4n) is 1.97. The third-order valence-electron chi connectivity index (χ3n) is 3.06. The summed E-state index contributed by atoms with van der Waals surface area (Å²) >= 11 is 3.15. The molecule has 0 aliphatic heterocycles. The summed E-state index contributed by atoms with van der Waals surface area (Å²) in [7, 11) is 0. The number of amides is 1. The van der Waals surface area contributed by atoms with Crippen molar-refractivity contribution in [1.82, 2.24) is 14.8 Å². The van der Waals surface area contributed by atoms with Gasteiger partial charge in [0.1, 0.15) is 6.54 Å². The second kappa shape index (κ2) is 7.45. The minimum atomic E-state index is -0.602. The van der Waals surface area contributed by atoms with E-state index in [4.69, 9.17) is 0 Å². The Kier molecular flexibility index (Phi) is 5.10. The molecule has 0 saturated heterocycles. The predicted octanol–water partition coefficient (Wildman–Crippen LogP) is 3.35. The molecule has 8 nitrogen and oxygen atoms in total. The van der Waals surface area contributed by atoms with Gasteiger partial charge < -0.3 is 15.4 Å². The van der Waals surface area contributed by atoms with Gasteiger partial charge in [0.15, 0.2) is 4.34 Å². The van der Waals surface area contributed by atoms with E-state index < -0.39 is 4.92 Å². The highest BCUT2D eigenvalue weighted by molar-refractivity contribution is 8.01. The molecule has 0 aliphatic carbocycles. The van der Waals surface area contributed by atoms with Crippen LogP contribution in [0.3, 0.4) is 0 Å². The molecule has 0 unspecified atom stereocenters. The Morgan fingerprint density at radius 1 is 1.36 bits per heavy atom. The van der Waals surface area contributed by atoms with Crippen molar-refractivity contribution < 1.29 is 9.72 Å². The molecule has 0 spiro atoms. The molecular formula is C15H13N5O3S2. The lowest BCUT2D eigenvalue weighted by Gasteiger charge is -2.05. The topological polar surface area (TPSA) is 103 Å². The molecule has 3 rings (SSSR count). The van der Waals surface area contributed by atoms with Crippen molar-refractivity contribution in [3.8, 4) is 0 Å². The number of rotatable bonds is 6. The van der Waals surface area contributed by atoms with Crippen molar-refractivity contribution in [3.63, 3.8) is 0 Å². The number of nitrogens with zero attached hydrogens (tertiary/aromatic N) is 4. The zero-order valence-corrected chi connectivity index (χ0v) is 14.7. The number of anilines is 1. The highest BCUT2D eigenvalue weighted by Gasteiger charge is 2.13. The predicted molar refractivity (Wildman–Crippen MR) is 94.9 cm³/mol. The number of nitro groups is 1. The second-order valence-corrected chi connectivity index (χ2v) is 7.24. The minimum Gasteiger partial charge on any atom is -0.358 e. The van der Waals surface area contributed by atoms with Crippen LogP contribution >= 0.6 is 23.1 Å². The van der Waals surface area contributed by atoms with E-state index in [-0.39, 0.29) is 18.3 Å². The Morgan fingerprint density at radius 3 is 2.72 bits per heavy atom. The van der Waals surface area contributed by atoms with E-state index in [1.165, 1.54) is 16.9 Å². The van der Waals surface area contributed by atoms with E-state index in [1.807, 2.05) is 24.4 Å². The van der Waals surface area contributed by atoms with Gasteiger partial charge in [-0.2, -0.15) is 4.68 Å². The molecule has 1 amide bonds. The third kappa shape index (κ3) is 4.64. The number of carbonyl (C=O) groups is 1. The Balaban J connectivity index is 1.56. The SMILES string of the molecule is Cc1csc(Sc2ccc(NC(=O)Cn3ccc([N+](=O)[O-])n3)cc2)n1. The summed E-state index contributed by atoms with van der Waals surface area (Å²) < 4.78 is 2.19. The average Bonchev–Trinajstić information content (AvgIpc) is 3.18. The highest BCUT2D eigenvalue weighted by atomic mass is 32.2. The van der Waals surface area contributed by atoms with Gasteiger partial charge >= 0.3 is 5.82 Å². The van der Waals surface area contributed by atoms with E-state index in [1.54, 1.807) is 35.2 Å². The van der Waals surface area contributed by atoms with Crippen molar-refractivity contribution in [2.75, 3.05) is 5.32 Å². The number of hydrogen-bond acceptors (Lipinski definition) is 7. The summed E-state index contributed by atoms with van der Waals surface area (Å²) in [6, 6.07) is 8.64. The van der Waals surface area contributed by atoms with Crippen LogP contribution in [0, 0.1) is 17.0 Å². The summed E-state index contributed by atoms with van der Waals surface area (Å²) in [5.41, 5.74) is 1.64. The first-order valence-corrected chi connectivity index (χ1v) is 8.87. The Morgan fingerprint density at radius 2 is 2.12 bits per heavy atom. The van der Waals surface area contributed by atoms with Crippen LogP contribution in [0.2, 0.25) is 0 Å². The Bertz CT molecular complexity index is 904. The van der Waals surface area contributed by atoms with Crippen LogP contribution in [-0.2, 0) is 11.3 Å². The lowest BCUT2D eigenvalue weighted by Crippen LogP contribution is -2.19. The molecule has 128 valence electrons. The summed E-state index contributed by atoms with van der Waals surface area (Å²) in [6.07, 6.45) is 1.40. The maximum atomic E-state index is 12.0. The first-order valence-electron chi connectivity index (χ1n) is 7.17. The van der Waals surface area contributed by atoms with Gasteiger partial charge in [-0.3, -0.25) is 4.79 Å². The van der Waals surface area contributed by atoms with Crippen LogP contribution in [0.5, 0.6) is 0 Å². The Labute approximate surface area is 151 Å². The molecular weight excluding hydrogens is 362 g/mol. The Hall–Kier alpha value is -2.72. The molecule has 3 aromatic rings. The number of hydrogen-bond donors (Lipinski definition) is 1. The van der Waals surface area contributed by atoms with Gasteiger partial charge in [-0.1, -0.05) is 11.8 Å². The molecule has 1 aromatic carbocycles. The number of nitrogens with one attached hydrogen (secondary N) is 1. The fourth-order valence-corrected chi connectivity index (χ4v) is 3.78. The van der Waals surface area contributed by atoms with Crippen molar-refractivity contribution in [1.29, 1.82) is 0 Å². The maximum Gasteiger partial charge on any atom is 0.389 e. The number of benzene rings is 1. The third-order valence-corrected chi connectivity index (χ3v) is 5.12. The molecule has 0 aliphatic rings. The van der Waals surface area contributed by atoms with E-state index >= 15 is 0 Å². The lowest BCUT2D eigenvalue weighted by molar-refractivity contribution is -0.389. The van der Waals surface area contributed by atoms with Crippen LogP contribution in [0.15, 0.2) is 51.1 Å². The fraction of sp³-hybridized carbons (Fsp3) is 0.133. The van der Waals surface area contributed by atoms with Gasteiger partial charge in [-0.25, -0.2) is 4.98 Å². The number of aryl methyl sites for hydroxylation is 1. The smallest absolute Gasteiger partial charge is 0.358 e. The highest BCUT2D eigenvalue weighted by Crippen LogP contribution is 2.30. The van der Waals surface area contributed by atoms with Crippen LogP contribution in [0.25, 0.3) is 0 Å². The largest absolute Gasteiger partial charge is 0.389 e.